The van der Waals surface area contributed by atoms with Crippen LogP contribution in [0.25, 0.3) is 11.4 Å². The van der Waals surface area contributed by atoms with Crippen LogP contribution < -0.4 is 4.90 Å². The molecule has 1 aromatic carbocycles. The average Bonchev–Trinajstić information content (AvgIpc) is 2.55. The molecule has 1 fully saturated rings. The van der Waals surface area contributed by atoms with E-state index in [0.717, 1.165) is 37.3 Å². The molecule has 0 saturated carbocycles. The second kappa shape index (κ2) is 6.25. The monoisotopic (exact) mass is 333 g/mol. The molecule has 1 saturated heterocycles. The molecule has 3 rings (SSSR count). The van der Waals surface area contributed by atoms with Crippen molar-refractivity contribution >= 4 is 15.7 Å². The summed E-state index contributed by atoms with van der Waals surface area (Å²) in [7, 11) is -3.21. The number of hydrogen-bond acceptors (Lipinski definition) is 6. The molecule has 0 radical (unpaired) electrons. The lowest BCUT2D eigenvalue weighted by atomic mass is 10.1. The molecule has 0 bridgehead atoms. The number of aromatic nitrogens is 2. The van der Waals surface area contributed by atoms with E-state index in [1.165, 1.54) is 6.26 Å². The lowest BCUT2D eigenvalue weighted by Gasteiger charge is -2.30. The third-order valence-electron chi connectivity index (χ3n) is 3.97. The first-order valence-electron chi connectivity index (χ1n) is 7.50. The van der Waals surface area contributed by atoms with Gasteiger partial charge in [-0.2, -0.15) is 0 Å². The van der Waals surface area contributed by atoms with Crippen molar-refractivity contribution in [1.82, 2.24) is 9.97 Å². The summed E-state index contributed by atoms with van der Waals surface area (Å²) >= 11 is 0. The Morgan fingerprint density at radius 3 is 2.39 bits per heavy atom. The van der Waals surface area contributed by atoms with Crippen molar-refractivity contribution in [2.45, 2.75) is 23.8 Å². The highest BCUT2D eigenvalue weighted by Crippen LogP contribution is 2.22. The zero-order valence-corrected chi connectivity index (χ0v) is 13.7. The second-order valence-corrected chi connectivity index (χ2v) is 7.77. The number of benzene rings is 1. The first kappa shape index (κ1) is 15.9. The van der Waals surface area contributed by atoms with E-state index in [2.05, 4.69) is 14.9 Å². The average molecular weight is 333 g/mol. The predicted molar refractivity (Wildman–Crippen MR) is 88.0 cm³/mol. The van der Waals surface area contributed by atoms with Gasteiger partial charge in [-0.15, -0.1) is 0 Å². The largest absolute Gasteiger partial charge is 0.393 e. The van der Waals surface area contributed by atoms with Gasteiger partial charge in [-0.3, -0.25) is 0 Å². The number of rotatable bonds is 3. The highest BCUT2D eigenvalue weighted by Gasteiger charge is 2.18. The van der Waals surface area contributed by atoms with E-state index in [4.69, 9.17) is 0 Å². The van der Waals surface area contributed by atoms with Gasteiger partial charge in [-0.1, -0.05) is 0 Å². The Kier molecular flexibility index (Phi) is 4.32. The van der Waals surface area contributed by atoms with Gasteiger partial charge in [0.15, 0.2) is 15.7 Å². The Morgan fingerprint density at radius 2 is 1.78 bits per heavy atom. The molecule has 0 aliphatic carbocycles. The summed E-state index contributed by atoms with van der Waals surface area (Å²) in [5.74, 6) is 1.39. The molecule has 1 N–H and O–H groups in total. The van der Waals surface area contributed by atoms with Crippen LogP contribution >= 0.6 is 0 Å². The van der Waals surface area contributed by atoms with Gasteiger partial charge in [0.05, 0.1) is 11.0 Å². The van der Waals surface area contributed by atoms with Crippen LogP contribution in [0.1, 0.15) is 12.8 Å². The van der Waals surface area contributed by atoms with E-state index >= 15 is 0 Å². The summed E-state index contributed by atoms with van der Waals surface area (Å²) in [4.78, 5) is 11.2. The van der Waals surface area contributed by atoms with Gasteiger partial charge in [0, 0.05) is 31.1 Å². The number of nitrogens with zero attached hydrogens (tertiary/aromatic N) is 3. The molecule has 0 spiro atoms. The number of aliphatic hydroxyl groups excluding tert-OH is 1. The Bertz CT molecular complexity index is 782. The molecule has 1 aliphatic rings. The molecular weight excluding hydrogens is 314 g/mol. The third-order valence-corrected chi connectivity index (χ3v) is 5.10. The lowest BCUT2D eigenvalue weighted by Crippen LogP contribution is -2.36. The van der Waals surface area contributed by atoms with E-state index in [-0.39, 0.29) is 11.0 Å². The maximum atomic E-state index is 11.5. The normalized spacial score (nSPS) is 16.5. The first-order valence-corrected chi connectivity index (χ1v) is 9.39. The molecule has 2 aromatic rings. The van der Waals surface area contributed by atoms with Crippen molar-refractivity contribution in [3.8, 4) is 11.4 Å². The van der Waals surface area contributed by atoms with Crippen molar-refractivity contribution in [3.05, 3.63) is 36.5 Å². The summed E-state index contributed by atoms with van der Waals surface area (Å²) < 4.78 is 23.0. The Labute approximate surface area is 135 Å². The molecule has 2 heterocycles. The van der Waals surface area contributed by atoms with Crippen LogP contribution in [0.5, 0.6) is 0 Å². The minimum Gasteiger partial charge on any atom is -0.393 e. The van der Waals surface area contributed by atoms with Crippen molar-refractivity contribution in [3.63, 3.8) is 0 Å². The Balaban J connectivity index is 1.85. The van der Waals surface area contributed by atoms with Crippen molar-refractivity contribution < 1.29 is 13.5 Å². The van der Waals surface area contributed by atoms with Gasteiger partial charge in [0.25, 0.3) is 0 Å². The molecule has 122 valence electrons. The topological polar surface area (TPSA) is 83.4 Å². The summed E-state index contributed by atoms with van der Waals surface area (Å²) in [5.41, 5.74) is 0.774. The molecule has 6 nitrogen and oxygen atoms in total. The smallest absolute Gasteiger partial charge is 0.175 e. The van der Waals surface area contributed by atoms with Crippen molar-refractivity contribution in [2.75, 3.05) is 24.2 Å². The van der Waals surface area contributed by atoms with E-state index in [1.807, 2.05) is 6.07 Å². The number of aliphatic hydroxyl groups is 1. The molecule has 0 atom stereocenters. The standard InChI is InChI=1S/C16H19N3O3S/c1-23(21,22)14-4-2-12(3-5-14)16-17-9-6-15(18-16)19-10-7-13(20)8-11-19/h2-6,9,13,20H,7-8,10-11H2,1H3. The van der Waals surface area contributed by atoms with Gasteiger partial charge in [0.2, 0.25) is 0 Å². The van der Waals surface area contributed by atoms with Gasteiger partial charge in [0.1, 0.15) is 5.82 Å². The fourth-order valence-electron chi connectivity index (χ4n) is 2.61. The van der Waals surface area contributed by atoms with Gasteiger partial charge < -0.3 is 10.0 Å². The molecule has 7 heteroatoms. The molecule has 0 amide bonds. The van der Waals surface area contributed by atoms with E-state index in [9.17, 15) is 13.5 Å². The summed E-state index contributed by atoms with van der Waals surface area (Å²) in [6.07, 6.45) is 4.14. The fraction of sp³-hybridized carbons (Fsp3) is 0.375. The Hall–Kier alpha value is -1.99. The number of piperidine rings is 1. The quantitative estimate of drug-likeness (QED) is 0.917. The maximum absolute atomic E-state index is 11.5. The van der Waals surface area contributed by atoms with Crippen molar-refractivity contribution in [1.29, 1.82) is 0 Å². The van der Waals surface area contributed by atoms with E-state index in [1.54, 1.807) is 30.5 Å². The summed E-state index contributed by atoms with van der Waals surface area (Å²) in [6, 6.07) is 8.42. The van der Waals surface area contributed by atoms with Crippen LogP contribution in [0.15, 0.2) is 41.4 Å². The third kappa shape index (κ3) is 3.68. The zero-order valence-electron chi connectivity index (χ0n) is 12.9. The molecular formula is C16H19N3O3S. The number of hydrogen-bond donors (Lipinski definition) is 1. The van der Waals surface area contributed by atoms with Crippen LogP contribution in [-0.4, -0.2) is 48.9 Å². The van der Waals surface area contributed by atoms with Crippen LogP contribution in [0.2, 0.25) is 0 Å². The van der Waals surface area contributed by atoms with Gasteiger partial charge in [-0.05, 0) is 43.2 Å². The van der Waals surface area contributed by atoms with Gasteiger partial charge >= 0.3 is 0 Å². The number of anilines is 1. The van der Waals surface area contributed by atoms with Crippen LogP contribution in [0.3, 0.4) is 0 Å². The van der Waals surface area contributed by atoms with Gasteiger partial charge in [-0.25, -0.2) is 18.4 Å². The molecule has 1 aliphatic heterocycles. The predicted octanol–water partition coefficient (Wildman–Crippen LogP) is 1.51. The lowest BCUT2D eigenvalue weighted by molar-refractivity contribution is 0.145. The highest BCUT2D eigenvalue weighted by molar-refractivity contribution is 7.90. The van der Waals surface area contributed by atoms with Crippen LogP contribution in [0, 0.1) is 0 Å². The minimum atomic E-state index is -3.21. The maximum Gasteiger partial charge on any atom is 0.175 e. The molecule has 1 aromatic heterocycles. The van der Waals surface area contributed by atoms with Crippen LogP contribution in [0.4, 0.5) is 5.82 Å². The summed E-state index contributed by atoms with van der Waals surface area (Å²) in [5, 5.41) is 9.59. The zero-order chi connectivity index (χ0) is 16.4. The van der Waals surface area contributed by atoms with Crippen molar-refractivity contribution in [2.24, 2.45) is 0 Å². The second-order valence-electron chi connectivity index (χ2n) is 5.75. The van der Waals surface area contributed by atoms with E-state index < -0.39 is 9.84 Å². The molecule has 23 heavy (non-hydrogen) atoms. The summed E-state index contributed by atoms with van der Waals surface area (Å²) in [6.45, 7) is 1.54. The molecule has 0 unspecified atom stereocenters. The SMILES string of the molecule is CS(=O)(=O)c1ccc(-c2nccc(N3CCC(O)CC3)n2)cc1. The van der Waals surface area contributed by atoms with E-state index in [0.29, 0.717) is 5.82 Å². The minimum absolute atomic E-state index is 0.226. The Morgan fingerprint density at radius 1 is 1.13 bits per heavy atom. The first-order chi connectivity index (χ1) is 10.9. The van der Waals surface area contributed by atoms with Crippen LogP contribution in [-0.2, 0) is 9.84 Å². The number of sulfone groups is 1. The fourth-order valence-corrected chi connectivity index (χ4v) is 3.24. The highest BCUT2D eigenvalue weighted by atomic mass is 32.2.